The van der Waals surface area contributed by atoms with Crippen LogP contribution in [0, 0.1) is 0 Å². The van der Waals surface area contributed by atoms with Gasteiger partial charge in [-0.25, -0.2) is 4.79 Å². The molecule has 0 fully saturated rings. The number of anilines is 3. The Bertz CT molecular complexity index is 803. The van der Waals surface area contributed by atoms with Gasteiger partial charge in [-0.2, -0.15) is 0 Å². The molecule has 144 valence electrons. The highest BCUT2D eigenvalue weighted by molar-refractivity contribution is 6.04. The molecular formula is C21H28N4O2. The zero-order valence-electron chi connectivity index (χ0n) is 16.4. The van der Waals surface area contributed by atoms with Crippen molar-refractivity contribution in [3.8, 4) is 0 Å². The number of hydrogen-bond acceptors (Lipinski definition) is 3. The van der Waals surface area contributed by atoms with Gasteiger partial charge in [-0.3, -0.25) is 4.79 Å². The average Bonchev–Trinajstić information content (AvgIpc) is 2.66. The van der Waals surface area contributed by atoms with Gasteiger partial charge in [0.25, 0.3) is 5.91 Å². The summed E-state index contributed by atoms with van der Waals surface area (Å²) in [6.45, 7) is 4.65. The molecule has 3 N–H and O–H groups in total. The minimum Gasteiger partial charge on any atom is -0.377 e. The molecule has 0 unspecified atom stereocenters. The Kier molecular flexibility index (Phi) is 7.23. The summed E-state index contributed by atoms with van der Waals surface area (Å²) in [5.74, 6) is -0.152. The van der Waals surface area contributed by atoms with Crippen LogP contribution in [0.15, 0.2) is 42.5 Å². The van der Waals surface area contributed by atoms with Crippen LogP contribution in [0.2, 0.25) is 0 Å². The maximum atomic E-state index is 12.5. The van der Waals surface area contributed by atoms with E-state index in [9.17, 15) is 9.59 Å². The smallest absolute Gasteiger partial charge is 0.323 e. The van der Waals surface area contributed by atoms with E-state index in [2.05, 4.69) is 16.0 Å². The van der Waals surface area contributed by atoms with Crippen LogP contribution in [0.4, 0.5) is 21.9 Å². The van der Waals surface area contributed by atoms with E-state index in [1.54, 1.807) is 12.1 Å². The Hall–Kier alpha value is -3.02. The molecule has 0 radical (unpaired) electrons. The SMILES string of the molecule is CCCNC(=O)c1cc(NC(=O)Nc2ccccc2CC)ccc1N(C)C. The van der Waals surface area contributed by atoms with Crippen molar-refractivity contribution in [1.82, 2.24) is 5.32 Å². The van der Waals surface area contributed by atoms with E-state index in [1.165, 1.54) is 0 Å². The Morgan fingerprint density at radius 1 is 1.00 bits per heavy atom. The van der Waals surface area contributed by atoms with Gasteiger partial charge in [-0.1, -0.05) is 32.0 Å². The van der Waals surface area contributed by atoms with Gasteiger partial charge in [0.1, 0.15) is 0 Å². The van der Waals surface area contributed by atoms with E-state index >= 15 is 0 Å². The zero-order chi connectivity index (χ0) is 19.8. The van der Waals surface area contributed by atoms with Crippen molar-refractivity contribution in [2.75, 3.05) is 36.2 Å². The number of amides is 3. The third-order valence-corrected chi connectivity index (χ3v) is 4.16. The van der Waals surface area contributed by atoms with Crippen LogP contribution in [0.25, 0.3) is 0 Å². The fourth-order valence-corrected chi connectivity index (χ4v) is 2.75. The number of aryl methyl sites for hydroxylation is 1. The summed E-state index contributed by atoms with van der Waals surface area (Å²) in [6.07, 6.45) is 1.69. The molecule has 27 heavy (non-hydrogen) atoms. The van der Waals surface area contributed by atoms with Crippen molar-refractivity contribution in [2.24, 2.45) is 0 Å². The number of carbonyl (C=O) groups is 2. The molecule has 0 atom stereocenters. The summed E-state index contributed by atoms with van der Waals surface area (Å²) in [7, 11) is 3.76. The van der Waals surface area contributed by atoms with Gasteiger partial charge in [-0.05, 0) is 42.7 Å². The molecular weight excluding hydrogens is 340 g/mol. The molecule has 2 aromatic rings. The van der Waals surface area contributed by atoms with Crippen molar-refractivity contribution < 1.29 is 9.59 Å². The topological polar surface area (TPSA) is 73.5 Å². The molecule has 0 bridgehead atoms. The molecule has 0 aromatic heterocycles. The lowest BCUT2D eigenvalue weighted by Gasteiger charge is -2.18. The highest BCUT2D eigenvalue weighted by Crippen LogP contribution is 2.23. The Morgan fingerprint density at radius 3 is 2.41 bits per heavy atom. The van der Waals surface area contributed by atoms with E-state index in [0.717, 1.165) is 29.8 Å². The molecule has 2 rings (SSSR count). The molecule has 2 aromatic carbocycles. The number of carbonyl (C=O) groups excluding carboxylic acids is 2. The Balaban J connectivity index is 2.18. The molecule has 0 aliphatic carbocycles. The van der Waals surface area contributed by atoms with Crippen LogP contribution in [-0.2, 0) is 6.42 Å². The molecule has 0 saturated carbocycles. The van der Waals surface area contributed by atoms with E-state index in [1.807, 2.05) is 63.2 Å². The van der Waals surface area contributed by atoms with Crippen molar-refractivity contribution in [1.29, 1.82) is 0 Å². The Morgan fingerprint density at radius 2 is 1.74 bits per heavy atom. The zero-order valence-corrected chi connectivity index (χ0v) is 16.4. The third-order valence-electron chi connectivity index (χ3n) is 4.16. The molecule has 0 aliphatic rings. The van der Waals surface area contributed by atoms with E-state index in [0.29, 0.717) is 17.8 Å². The first kappa shape index (κ1) is 20.3. The number of benzene rings is 2. The quantitative estimate of drug-likeness (QED) is 0.689. The number of hydrogen-bond donors (Lipinski definition) is 3. The average molecular weight is 368 g/mol. The van der Waals surface area contributed by atoms with Crippen LogP contribution in [0.1, 0.15) is 36.2 Å². The number of nitrogens with zero attached hydrogens (tertiary/aromatic N) is 1. The summed E-state index contributed by atoms with van der Waals surface area (Å²) >= 11 is 0. The summed E-state index contributed by atoms with van der Waals surface area (Å²) in [4.78, 5) is 26.7. The molecule has 3 amide bonds. The predicted molar refractivity (Wildman–Crippen MR) is 112 cm³/mol. The van der Waals surface area contributed by atoms with E-state index < -0.39 is 0 Å². The minimum absolute atomic E-state index is 0.152. The first-order valence-electron chi connectivity index (χ1n) is 9.21. The Labute approximate surface area is 161 Å². The van der Waals surface area contributed by atoms with Gasteiger partial charge >= 0.3 is 6.03 Å². The number of rotatable bonds is 7. The number of para-hydroxylation sites is 1. The van der Waals surface area contributed by atoms with Crippen molar-refractivity contribution in [2.45, 2.75) is 26.7 Å². The van der Waals surface area contributed by atoms with Gasteiger partial charge in [-0.15, -0.1) is 0 Å². The lowest BCUT2D eigenvalue weighted by molar-refractivity contribution is 0.0954. The molecule has 0 aliphatic heterocycles. The fraction of sp³-hybridized carbons (Fsp3) is 0.333. The van der Waals surface area contributed by atoms with Crippen LogP contribution < -0.4 is 20.9 Å². The summed E-state index contributed by atoms with van der Waals surface area (Å²) in [6, 6.07) is 12.7. The second kappa shape index (κ2) is 9.62. The maximum Gasteiger partial charge on any atom is 0.323 e. The first-order chi connectivity index (χ1) is 13.0. The van der Waals surface area contributed by atoms with Crippen molar-refractivity contribution in [3.05, 3.63) is 53.6 Å². The largest absolute Gasteiger partial charge is 0.377 e. The monoisotopic (exact) mass is 368 g/mol. The lowest BCUT2D eigenvalue weighted by atomic mass is 10.1. The molecule has 0 spiro atoms. The van der Waals surface area contributed by atoms with Gasteiger partial charge in [0.05, 0.1) is 5.56 Å². The second-order valence-electron chi connectivity index (χ2n) is 6.47. The molecule has 6 heteroatoms. The van der Waals surface area contributed by atoms with Crippen LogP contribution >= 0.6 is 0 Å². The summed E-state index contributed by atoms with van der Waals surface area (Å²) < 4.78 is 0. The highest BCUT2D eigenvalue weighted by Gasteiger charge is 2.14. The summed E-state index contributed by atoms with van der Waals surface area (Å²) in [5.41, 5.74) is 3.73. The minimum atomic E-state index is -0.339. The van der Waals surface area contributed by atoms with Gasteiger partial charge < -0.3 is 20.9 Å². The molecule has 0 saturated heterocycles. The fourth-order valence-electron chi connectivity index (χ4n) is 2.75. The second-order valence-corrected chi connectivity index (χ2v) is 6.47. The molecule has 6 nitrogen and oxygen atoms in total. The third kappa shape index (κ3) is 5.48. The molecule has 0 heterocycles. The van der Waals surface area contributed by atoms with Gasteiger partial charge in [0.15, 0.2) is 0 Å². The highest BCUT2D eigenvalue weighted by atomic mass is 16.2. The van der Waals surface area contributed by atoms with Gasteiger partial charge in [0.2, 0.25) is 0 Å². The van der Waals surface area contributed by atoms with E-state index in [-0.39, 0.29) is 11.9 Å². The number of nitrogens with one attached hydrogen (secondary N) is 3. The predicted octanol–water partition coefficient (Wildman–Crippen LogP) is 4.10. The summed E-state index contributed by atoms with van der Waals surface area (Å²) in [5, 5.41) is 8.57. The van der Waals surface area contributed by atoms with Crippen LogP contribution in [0.3, 0.4) is 0 Å². The van der Waals surface area contributed by atoms with E-state index in [4.69, 9.17) is 0 Å². The normalized spacial score (nSPS) is 10.2. The number of urea groups is 1. The first-order valence-corrected chi connectivity index (χ1v) is 9.21. The van der Waals surface area contributed by atoms with Crippen molar-refractivity contribution in [3.63, 3.8) is 0 Å². The van der Waals surface area contributed by atoms with Crippen LogP contribution in [-0.4, -0.2) is 32.6 Å². The van der Waals surface area contributed by atoms with Crippen molar-refractivity contribution >= 4 is 29.0 Å². The van der Waals surface area contributed by atoms with Crippen LogP contribution in [0.5, 0.6) is 0 Å². The maximum absolute atomic E-state index is 12.5. The lowest BCUT2D eigenvalue weighted by Crippen LogP contribution is -2.27. The standard InChI is InChI=1S/C21H28N4O2/c1-5-13-22-20(26)17-14-16(11-12-19(17)25(3)4)23-21(27)24-18-10-8-7-9-15(18)6-2/h7-12,14H,5-6,13H2,1-4H3,(H,22,26)(H2,23,24,27). The van der Waals surface area contributed by atoms with Gasteiger partial charge in [0, 0.05) is 37.7 Å².